The zero-order valence-electron chi connectivity index (χ0n) is 10.9. The van der Waals surface area contributed by atoms with Gasteiger partial charge in [0.15, 0.2) is 0 Å². The Balaban J connectivity index is 1.81. The minimum atomic E-state index is 0.311. The van der Waals surface area contributed by atoms with Crippen LogP contribution in [0.2, 0.25) is 0 Å². The van der Waals surface area contributed by atoms with Crippen LogP contribution in [-0.2, 0) is 0 Å². The lowest BCUT2D eigenvalue weighted by Crippen LogP contribution is -2.71. The highest BCUT2D eigenvalue weighted by Gasteiger charge is 2.49. The molecule has 2 unspecified atom stereocenters. The molecule has 3 nitrogen and oxygen atoms in total. The highest BCUT2D eigenvalue weighted by atomic mass is 32.2. The van der Waals surface area contributed by atoms with E-state index in [1.165, 1.54) is 51.3 Å². The summed E-state index contributed by atoms with van der Waals surface area (Å²) in [6.45, 7) is 9.55. The van der Waals surface area contributed by atoms with E-state index in [2.05, 4.69) is 28.5 Å². The summed E-state index contributed by atoms with van der Waals surface area (Å²) >= 11 is 2.12. The molecule has 4 fully saturated rings. The van der Waals surface area contributed by atoms with Crippen molar-refractivity contribution in [1.82, 2.24) is 9.80 Å². The quantitative estimate of drug-likeness (QED) is 0.793. The van der Waals surface area contributed by atoms with Crippen LogP contribution in [0.5, 0.6) is 0 Å². The molecule has 0 spiro atoms. The summed E-state index contributed by atoms with van der Waals surface area (Å²) in [6.07, 6.45) is 2.74. The Morgan fingerprint density at radius 3 is 2.59 bits per heavy atom. The second kappa shape index (κ2) is 4.72. The van der Waals surface area contributed by atoms with E-state index in [0.29, 0.717) is 5.54 Å². The largest absolute Gasteiger partial charge is 0.329 e. The molecular formula is C13H25N3S. The predicted octanol–water partition coefficient (Wildman–Crippen LogP) is 0.847. The molecule has 4 saturated heterocycles. The van der Waals surface area contributed by atoms with Crippen LogP contribution in [-0.4, -0.2) is 65.6 Å². The summed E-state index contributed by atoms with van der Waals surface area (Å²) in [5.41, 5.74) is 6.54. The molecule has 0 amide bonds. The normalized spacial score (nSPS) is 47.3. The van der Waals surface area contributed by atoms with E-state index in [4.69, 9.17) is 5.73 Å². The maximum atomic E-state index is 6.23. The van der Waals surface area contributed by atoms with Gasteiger partial charge in [0.05, 0.1) is 0 Å². The van der Waals surface area contributed by atoms with E-state index >= 15 is 0 Å². The van der Waals surface area contributed by atoms with Gasteiger partial charge in [-0.25, -0.2) is 0 Å². The highest BCUT2D eigenvalue weighted by Crippen LogP contribution is 2.40. The van der Waals surface area contributed by atoms with Crippen molar-refractivity contribution in [3.05, 3.63) is 0 Å². The zero-order chi connectivity index (χ0) is 11.9. The molecule has 2 bridgehead atoms. The van der Waals surface area contributed by atoms with Crippen molar-refractivity contribution in [3.8, 4) is 0 Å². The molecule has 2 N–H and O–H groups in total. The van der Waals surface area contributed by atoms with Crippen molar-refractivity contribution in [3.63, 3.8) is 0 Å². The Morgan fingerprint density at radius 1 is 1.29 bits per heavy atom. The smallest absolute Gasteiger partial charge is 0.0488 e. The molecule has 17 heavy (non-hydrogen) atoms. The topological polar surface area (TPSA) is 32.5 Å². The van der Waals surface area contributed by atoms with Gasteiger partial charge < -0.3 is 10.6 Å². The summed E-state index contributed by atoms with van der Waals surface area (Å²) in [4.78, 5) is 5.38. The predicted molar refractivity (Wildman–Crippen MR) is 74.4 cm³/mol. The zero-order valence-corrected chi connectivity index (χ0v) is 11.7. The highest BCUT2D eigenvalue weighted by molar-refractivity contribution is 7.99. The van der Waals surface area contributed by atoms with Crippen LogP contribution in [0.25, 0.3) is 0 Å². The van der Waals surface area contributed by atoms with E-state index in [1.807, 2.05) is 0 Å². The Kier molecular flexibility index (Phi) is 3.41. The molecule has 4 aliphatic heterocycles. The lowest BCUT2D eigenvalue weighted by Gasteiger charge is -2.59. The number of nitrogens with zero attached hydrogens (tertiary/aromatic N) is 2. The van der Waals surface area contributed by atoms with Crippen LogP contribution in [0.1, 0.15) is 19.8 Å². The van der Waals surface area contributed by atoms with Crippen LogP contribution in [0.4, 0.5) is 0 Å². The van der Waals surface area contributed by atoms with Crippen LogP contribution in [0.15, 0.2) is 0 Å². The van der Waals surface area contributed by atoms with Crippen molar-refractivity contribution < 1.29 is 0 Å². The fourth-order valence-electron chi connectivity index (χ4n) is 4.09. The molecule has 0 aliphatic carbocycles. The molecule has 0 aromatic rings. The third-order valence-electron chi connectivity index (χ3n) is 5.07. The van der Waals surface area contributed by atoms with E-state index in [-0.39, 0.29) is 0 Å². The fourth-order valence-corrected chi connectivity index (χ4v) is 5.10. The number of thioether (sulfide) groups is 1. The summed E-state index contributed by atoms with van der Waals surface area (Å²) < 4.78 is 0. The molecule has 4 rings (SSSR count). The molecule has 0 aromatic heterocycles. The van der Waals surface area contributed by atoms with Crippen LogP contribution in [0, 0.1) is 5.92 Å². The average molecular weight is 255 g/mol. The monoisotopic (exact) mass is 255 g/mol. The Bertz CT molecular complexity index is 278. The minimum Gasteiger partial charge on any atom is -0.329 e. The van der Waals surface area contributed by atoms with Crippen LogP contribution < -0.4 is 5.73 Å². The van der Waals surface area contributed by atoms with E-state index in [9.17, 15) is 0 Å². The van der Waals surface area contributed by atoms with Gasteiger partial charge in [0.25, 0.3) is 0 Å². The average Bonchev–Trinajstić information content (AvgIpc) is 2.39. The SMILES string of the molecule is CC1CN(C2(CN)CN3CCC2CC3)CCS1. The Morgan fingerprint density at radius 2 is 2.06 bits per heavy atom. The van der Waals surface area contributed by atoms with Crippen LogP contribution in [0.3, 0.4) is 0 Å². The van der Waals surface area contributed by atoms with Gasteiger partial charge in [0.1, 0.15) is 0 Å². The number of hydrogen-bond acceptors (Lipinski definition) is 4. The number of rotatable bonds is 2. The van der Waals surface area contributed by atoms with Gasteiger partial charge in [-0.1, -0.05) is 6.92 Å². The van der Waals surface area contributed by atoms with Crippen molar-refractivity contribution in [2.75, 3.05) is 45.0 Å². The van der Waals surface area contributed by atoms with Crippen molar-refractivity contribution in [1.29, 1.82) is 0 Å². The van der Waals surface area contributed by atoms with Gasteiger partial charge in [-0.2, -0.15) is 11.8 Å². The third kappa shape index (κ3) is 2.03. The van der Waals surface area contributed by atoms with Gasteiger partial charge in [-0.3, -0.25) is 4.90 Å². The van der Waals surface area contributed by atoms with Gasteiger partial charge in [0, 0.05) is 42.7 Å². The lowest BCUT2D eigenvalue weighted by atomic mass is 9.71. The lowest BCUT2D eigenvalue weighted by molar-refractivity contribution is -0.0654. The van der Waals surface area contributed by atoms with Gasteiger partial charge >= 0.3 is 0 Å². The maximum absolute atomic E-state index is 6.23. The van der Waals surface area contributed by atoms with Crippen molar-refractivity contribution in [2.45, 2.75) is 30.6 Å². The number of piperidine rings is 3. The molecule has 0 saturated carbocycles. The molecule has 4 heteroatoms. The molecular weight excluding hydrogens is 230 g/mol. The summed E-state index contributed by atoms with van der Waals surface area (Å²) in [5, 5.41) is 0.780. The second-order valence-corrected chi connectivity index (χ2v) is 7.53. The minimum absolute atomic E-state index is 0.311. The summed E-state index contributed by atoms with van der Waals surface area (Å²) in [6, 6.07) is 0. The Labute approximate surface area is 109 Å². The summed E-state index contributed by atoms with van der Waals surface area (Å²) in [7, 11) is 0. The van der Waals surface area contributed by atoms with E-state index in [1.54, 1.807) is 0 Å². The number of fused-ring (bicyclic) bond motifs is 3. The summed E-state index contributed by atoms with van der Waals surface area (Å²) in [5.74, 6) is 2.14. The molecule has 4 aliphatic rings. The van der Waals surface area contributed by atoms with Gasteiger partial charge in [-0.05, 0) is 31.8 Å². The first-order valence-corrected chi connectivity index (χ1v) is 8.08. The van der Waals surface area contributed by atoms with Crippen LogP contribution >= 0.6 is 11.8 Å². The second-order valence-electron chi connectivity index (χ2n) is 5.99. The van der Waals surface area contributed by atoms with Gasteiger partial charge in [0.2, 0.25) is 0 Å². The molecule has 0 radical (unpaired) electrons. The van der Waals surface area contributed by atoms with E-state index < -0.39 is 0 Å². The van der Waals surface area contributed by atoms with Gasteiger partial charge in [-0.15, -0.1) is 0 Å². The molecule has 98 valence electrons. The Hall–Kier alpha value is 0.230. The van der Waals surface area contributed by atoms with Crippen molar-refractivity contribution in [2.24, 2.45) is 11.7 Å². The molecule has 4 heterocycles. The molecule has 0 aromatic carbocycles. The van der Waals surface area contributed by atoms with Crippen molar-refractivity contribution >= 4 is 11.8 Å². The first-order chi connectivity index (χ1) is 8.24. The fraction of sp³-hybridized carbons (Fsp3) is 1.00. The number of hydrogen-bond donors (Lipinski definition) is 1. The first kappa shape index (κ1) is 12.3. The van der Waals surface area contributed by atoms with E-state index in [0.717, 1.165) is 17.7 Å². The maximum Gasteiger partial charge on any atom is 0.0488 e. The molecule has 2 atom stereocenters. The number of nitrogens with two attached hydrogens (primary N) is 1. The third-order valence-corrected chi connectivity index (χ3v) is 6.21. The first-order valence-electron chi connectivity index (χ1n) is 7.04. The standard InChI is InChI=1S/C13H25N3S/c1-11-8-16(6-7-17-11)13(9-14)10-15-4-2-12(13)3-5-15/h11-12H,2-10,14H2,1H3.